The monoisotopic (exact) mass is 613 g/mol. The quantitative estimate of drug-likeness (QED) is 0.210. The summed E-state index contributed by atoms with van der Waals surface area (Å²) in [7, 11) is 0. The summed E-state index contributed by atoms with van der Waals surface area (Å²) in [6.45, 7) is 13.2. The van der Waals surface area contributed by atoms with Gasteiger partial charge in [-0.25, -0.2) is 4.98 Å². The lowest BCUT2D eigenvalue weighted by molar-refractivity contribution is 0.477. The number of aromatic nitrogens is 3. The fourth-order valence-corrected chi connectivity index (χ4v) is 6.67. The summed E-state index contributed by atoms with van der Waals surface area (Å²) in [5.41, 5.74) is 14.5. The Kier molecular flexibility index (Phi) is 7.52. The van der Waals surface area contributed by atoms with Crippen LogP contribution in [0.15, 0.2) is 121 Å². The van der Waals surface area contributed by atoms with Gasteiger partial charge in [0.05, 0.1) is 28.0 Å². The van der Waals surface area contributed by atoms with E-state index in [1.165, 1.54) is 11.1 Å². The zero-order valence-corrected chi connectivity index (χ0v) is 27.8. The average Bonchev–Trinajstić information content (AvgIpc) is 3.43. The summed E-state index contributed by atoms with van der Waals surface area (Å²) in [6.07, 6.45) is 1.83. The van der Waals surface area contributed by atoms with E-state index in [1.807, 2.05) is 48.7 Å². The normalized spacial score (nSPS) is 11.7. The molecule has 0 aliphatic heterocycles. The Morgan fingerprint density at radius 2 is 1.32 bits per heavy atom. The maximum absolute atomic E-state index is 11.5. The molecule has 7 aromatic rings. The smallest absolute Gasteiger partial charge is 0.149 e. The van der Waals surface area contributed by atoms with E-state index >= 15 is 0 Å². The molecule has 47 heavy (non-hydrogen) atoms. The van der Waals surface area contributed by atoms with Crippen LogP contribution in [0.2, 0.25) is 0 Å². The van der Waals surface area contributed by atoms with Gasteiger partial charge in [0.25, 0.3) is 0 Å². The number of phenolic OH excluding ortho intramolecular Hbond substituents is 1. The molecule has 0 aliphatic rings. The minimum atomic E-state index is -0.121. The van der Waals surface area contributed by atoms with Crippen LogP contribution in [0.5, 0.6) is 5.75 Å². The Balaban J connectivity index is 1.59. The largest absolute Gasteiger partial charge is 0.507 e. The Morgan fingerprint density at radius 1 is 0.617 bits per heavy atom. The molecule has 0 radical (unpaired) electrons. The molecule has 0 amide bonds. The molecule has 4 nitrogen and oxygen atoms in total. The van der Waals surface area contributed by atoms with Crippen LogP contribution in [0.3, 0.4) is 0 Å². The van der Waals surface area contributed by atoms with Crippen molar-refractivity contribution in [3.63, 3.8) is 0 Å². The van der Waals surface area contributed by atoms with Crippen LogP contribution in [0, 0.1) is 20.8 Å². The van der Waals surface area contributed by atoms with Crippen molar-refractivity contribution >= 4 is 11.0 Å². The average molecular weight is 614 g/mol. The number of imidazole rings is 1. The fraction of sp³-hybridized carbons (Fsp3) is 0.163. The van der Waals surface area contributed by atoms with Crippen molar-refractivity contribution in [2.45, 2.75) is 47.0 Å². The van der Waals surface area contributed by atoms with Crippen LogP contribution < -0.4 is 0 Å². The van der Waals surface area contributed by atoms with Crippen LogP contribution in [0.4, 0.5) is 0 Å². The van der Waals surface area contributed by atoms with E-state index < -0.39 is 0 Å². The molecule has 0 spiro atoms. The Labute approximate surface area is 277 Å². The number of rotatable bonds is 5. The van der Waals surface area contributed by atoms with Crippen molar-refractivity contribution in [2.24, 2.45) is 0 Å². The van der Waals surface area contributed by atoms with Gasteiger partial charge in [-0.2, -0.15) is 0 Å². The van der Waals surface area contributed by atoms with E-state index in [1.54, 1.807) is 6.07 Å². The van der Waals surface area contributed by atoms with Crippen LogP contribution in [0.25, 0.3) is 61.6 Å². The van der Waals surface area contributed by atoms with Crippen LogP contribution in [-0.4, -0.2) is 19.6 Å². The van der Waals surface area contributed by atoms with Crippen molar-refractivity contribution in [1.29, 1.82) is 0 Å². The Morgan fingerprint density at radius 3 is 2.02 bits per heavy atom. The molecular weight excluding hydrogens is 574 g/mol. The molecule has 0 bridgehead atoms. The van der Waals surface area contributed by atoms with Gasteiger partial charge in [0.15, 0.2) is 0 Å². The van der Waals surface area contributed by atoms with Gasteiger partial charge in [0, 0.05) is 17.3 Å². The first-order valence-corrected chi connectivity index (χ1v) is 16.1. The van der Waals surface area contributed by atoms with Gasteiger partial charge in [-0.3, -0.25) is 9.55 Å². The van der Waals surface area contributed by atoms with Crippen molar-refractivity contribution in [3.8, 4) is 56.3 Å². The summed E-state index contributed by atoms with van der Waals surface area (Å²) < 4.78 is 2.27. The van der Waals surface area contributed by atoms with Crippen molar-refractivity contribution < 1.29 is 5.11 Å². The maximum atomic E-state index is 11.5. The van der Waals surface area contributed by atoms with Gasteiger partial charge in [0.1, 0.15) is 11.6 Å². The molecule has 0 atom stereocenters. The number of pyridine rings is 1. The van der Waals surface area contributed by atoms with Gasteiger partial charge in [-0.05, 0) is 102 Å². The molecule has 2 aromatic heterocycles. The summed E-state index contributed by atoms with van der Waals surface area (Å²) in [4.78, 5) is 10.1. The van der Waals surface area contributed by atoms with Gasteiger partial charge < -0.3 is 5.11 Å². The number of hydrogen-bond donors (Lipinski definition) is 1. The van der Waals surface area contributed by atoms with Crippen LogP contribution in [-0.2, 0) is 5.41 Å². The van der Waals surface area contributed by atoms with E-state index in [0.717, 1.165) is 61.4 Å². The van der Waals surface area contributed by atoms with E-state index in [9.17, 15) is 5.11 Å². The molecule has 232 valence electrons. The number of benzene rings is 5. The van der Waals surface area contributed by atoms with Crippen LogP contribution in [0.1, 0.15) is 43.0 Å². The van der Waals surface area contributed by atoms with Crippen LogP contribution >= 0.6 is 0 Å². The number of phenols is 1. The van der Waals surface area contributed by atoms with Gasteiger partial charge >= 0.3 is 0 Å². The second-order valence-corrected chi connectivity index (χ2v) is 13.6. The number of aromatic hydroxyl groups is 1. The first-order valence-electron chi connectivity index (χ1n) is 16.1. The topological polar surface area (TPSA) is 50.9 Å². The van der Waals surface area contributed by atoms with Gasteiger partial charge in [0.2, 0.25) is 0 Å². The van der Waals surface area contributed by atoms with Crippen molar-refractivity contribution in [1.82, 2.24) is 14.5 Å². The lowest BCUT2D eigenvalue weighted by Gasteiger charge is -2.22. The van der Waals surface area contributed by atoms with Crippen molar-refractivity contribution in [2.75, 3.05) is 0 Å². The molecule has 7 rings (SSSR count). The number of aryl methyl sites for hydroxylation is 3. The first-order chi connectivity index (χ1) is 22.6. The van der Waals surface area contributed by atoms with Gasteiger partial charge in [-0.15, -0.1) is 0 Å². The second kappa shape index (κ2) is 11.7. The third-order valence-electron chi connectivity index (χ3n) is 8.96. The van der Waals surface area contributed by atoms with E-state index in [4.69, 9.17) is 4.98 Å². The molecule has 0 saturated carbocycles. The first kappa shape index (κ1) is 30.2. The zero-order valence-electron chi connectivity index (χ0n) is 27.8. The highest BCUT2D eigenvalue weighted by molar-refractivity contribution is 5.98. The highest BCUT2D eigenvalue weighted by Gasteiger charge is 2.25. The van der Waals surface area contributed by atoms with E-state index in [0.29, 0.717) is 11.4 Å². The highest BCUT2D eigenvalue weighted by Crippen LogP contribution is 2.42. The Bertz CT molecular complexity index is 2230. The predicted octanol–water partition coefficient (Wildman–Crippen LogP) is 11.0. The SMILES string of the molecule is Cc1cc(C)c(-n2c(-c3cc(-c4ccccc4)ccc3O)nc3c(-c4cccc(-c5ccccn5)c4)cc(C(C)(C)C)cc32)c(C)c1. The number of hydrogen-bond acceptors (Lipinski definition) is 3. The van der Waals surface area contributed by atoms with Crippen molar-refractivity contribution in [3.05, 3.63) is 144 Å². The minimum Gasteiger partial charge on any atom is -0.507 e. The standard InChI is InChI=1S/C43H39N3O/c1-27-21-28(2)41(29(3)22-27)46-38-26-34(43(4,5)6)25-35(32-15-12-16-33(23-32)37-17-10-11-20-44-37)40(38)45-42(46)36-24-31(18-19-39(36)47)30-13-8-7-9-14-30/h7-26,47H,1-6H3. The lowest BCUT2D eigenvalue weighted by atomic mass is 9.84. The molecule has 4 heteroatoms. The Hall–Kier alpha value is -5.48. The lowest BCUT2D eigenvalue weighted by Crippen LogP contribution is -2.12. The number of fused-ring (bicyclic) bond motifs is 1. The molecule has 0 saturated heterocycles. The third-order valence-corrected chi connectivity index (χ3v) is 8.96. The molecule has 2 heterocycles. The minimum absolute atomic E-state index is 0.121. The van der Waals surface area contributed by atoms with E-state index in [2.05, 4.69) is 118 Å². The maximum Gasteiger partial charge on any atom is 0.149 e. The summed E-state index contributed by atoms with van der Waals surface area (Å²) in [6, 6.07) is 39.7. The fourth-order valence-electron chi connectivity index (χ4n) is 6.67. The van der Waals surface area contributed by atoms with Gasteiger partial charge in [-0.1, -0.05) is 99.1 Å². The summed E-state index contributed by atoms with van der Waals surface area (Å²) >= 11 is 0. The molecule has 0 aliphatic carbocycles. The highest BCUT2D eigenvalue weighted by atomic mass is 16.3. The summed E-state index contributed by atoms with van der Waals surface area (Å²) in [5.74, 6) is 0.900. The third kappa shape index (κ3) is 5.61. The zero-order chi connectivity index (χ0) is 32.9. The van der Waals surface area contributed by atoms with E-state index in [-0.39, 0.29) is 11.2 Å². The molecule has 1 N–H and O–H groups in total. The number of nitrogens with zero attached hydrogens (tertiary/aromatic N) is 3. The predicted molar refractivity (Wildman–Crippen MR) is 195 cm³/mol. The molecule has 0 fully saturated rings. The summed E-state index contributed by atoms with van der Waals surface area (Å²) in [5, 5.41) is 11.5. The molecule has 0 unspecified atom stereocenters. The molecule has 5 aromatic carbocycles. The second-order valence-electron chi connectivity index (χ2n) is 13.6. The molecular formula is C43H39N3O.